The monoisotopic (exact) mass is 487 g/mol. The van der Waals surface area contributed by atoms with Gasteiger partial charge >= 0.3 is 0 Å². The zero-order valence-electron chi connectivity index (χ0n) is 20.9. The number of nitrogens with zero attached hydrogens (tertiary/aromatic N) is 5. The van der Waals surface area contributed by atoms with Crippen molar-refractivity contribution in [1.82, 2.24) is 23.2 Å². The van der Waals surface area contributed by atoms with Gasteiger partial charge in [0.15, 0.2) is 0 Å². The van der Waals surface area contributed by atoms with Crippen molar-refractivity contribution in [3.63, 3.8) is 0 Å². The number of hydrogen-bond acceptors (Lipinski definition) is 2. The molecule has 0 fully saturated rings. The highest BCUT2D eigenvalue weighted by molar-refractivity contribution is 6.06. The fraction of sp³-hybridized carbons (Fsp3) is 0.0909. The van der Waals surface area contributed by atoms with Gasteiger partial charge in [0, 0.05) is 5.41 Å². The fourth-order valence-corrected chi connectivity index (χ4v) is 7.18. The van der Waals surface area contributed by atoms with Crippen molar-refractivity contribution in [2.75, 3.05) is 0 Å². The molecule has 0 saturated heterocycles. The van der Waals surface area contributed by atoms with Crippen LogP contribution in [0.5, 0.6) is 0 Å². The summed E-state index contributed by atoms with van der Waals surface area (Å²) in [5.41, 5.74) is 13.1. The van der Waals surface area contributed by atoms with E-state index in [0.717, 1.165) is 50.2 Å². The highest BCUT2D eigenvalue weighted by atomic mass is 15.3. The zero-order valence-corrected chi connectivity index (χ0v) is 20.9. The highest BCUT2D eigenvalue weighted by Gasteiger charge is 2.36. The molecule has 4 aromatic heterocycles. The number of hydrogen-bond donors (Lipinski definition) is 0. The van der Waals surface area contributed by atoms with Crippen molar-refractivity contribution in [2.24, 2.45) is 0 Å². The van der Waals surface area contributed by atoms with E-state index in [2.05, 4.69) is 118 Å². The van der Waals surface area contributed by atoms with E-state index < -0.39 is 0 Å². The summed E-state index contributed by atoms with van der Waals surface area (Å²) in [4.78, 5) is 10.4. The van der Waals surface area contributed by atoms with E-state index >= 15 is 0 Å². The number of imidazole rings is 4. The maximum atomic E-state index is 5.26. The fourth-order valence-electron chi connectivity index (χ4n) is 7.18. The molecule has 0 unspecified atom stereocenters. The molecule has 0 saturated carbocycles. The largest absolute Gasteiger partial charge is 0.276 e. The molecule has 5 aromatic carbocycles. The second-order valence-corrected chi connectivity index (χ2v) is 11.2. The van der Waals surface area contributed by atoms with Crippen molar-refractivity contribution in [1.29, 1.82) is 0 Å². The Morgan fingerprint density at radius 3 is 1.92 bits per heavy atom. The summed E-state index contributed by atoms with van der Waals surface area (Å²) >= 11 is 0. The van der Waals surface area contributed by atoms with Crippen LogP contribution in [-0.4, -0.2) is 23.2 Å². The lowest BCUT2D eigenvalue weighted by Gasteiger charge is -2.21. The molecule has 0 amide bonds. The Kier molecular flexibility index (Phi) is 3.02. The van der Waals surface area contributed by atoms with Gasteiger partial charge in [-0.05, 0) is 69.4 Å². The van der Waals surface area contributed by atoms with Crippen molar-refractivity contribution in [3.8, 4) is 11.1 Å². The zero-order chi connectivity index (χ0) is 24.9. The molecule has 1 aliphatic carbocycles. The van der Waals surface area contributed by atoms with Gasteiger partial charge in [-0.3, -0.25) is 8.80 Å². The minimum atomic E-state index is -0.0527. The van der Waals surface area contributed by atoms with E-state index in [9.17, 15) is 0 Å². The van der Waals surface area contributed by atoms with Crippen LogP contribution in [0.1, 0.15) is 25.0 Å². The quantitative estimate of drug-likeness (QED) is 0.221. The van der Waals surface area contributed by atoms with Crippen LogP contribution in [0.25, 0.3) is 72.1 Å². The van der Waals surface area contributed by atoms with Crippen LogP contribution >= 0.6 is 0 Å². The Morgan fingerprint density at radius 1 is 0.526 bits per heavy atom. The van der Waals surface area contributed by atoms with Crippen LogP contribution in [0, 0.1) is 0 Å². The number of aromatic nitrogens is 5. The summed E-state index contributed by atoms with van der Waals surface area (Å²) in [5, 5.41) is 2.43. The molecular weight excluding hydrogens is 466 g/mol. The molecule has 10 rings (SSSR count). The topological polar surface area (TPSA) is 39.0 Å². The summed E-state index contributed by atoms with van der Waals surface area (Å²) in [7, 11) is 0. The van der Waals surface area contributed by atoms with Gasteiger partial charge in [0.2, 0.25) is 11.6 Å². The van der Waals surface area contributed by atoms with Crippen LogP contribution in [0.15, 0.2) is 91.0 Å². The molecule has 5 heteroatoms. The van der Waals surface area contributed by atoms with Gasteiger partial charge < -0.3 is 0 Å². The van der Waals surface area contributed by atoms with Crippen molar-refractivity contribution in [2.45, 2.75) is 19.3 Å². The maximum Gasteiger partial charge on any atom is 0.223 e. The Bertz CT molecular complexity index is 2480. The molecule has 1 aliphatic rings. The minimum absolute atomic E-state index is 0.0527. The summed E-state index contributed by atoms with van der Waals surface area (Å²) in [6.45, 7) is 4.64. The van der Waals surface area contributed by atoms with E-state index in [1.165, 1.54) is 33.0 Å². The van der Waals surface area contributed by atoms with E-state index in [1.807, 2.05) is 0 Å². The van der Waals surface area contributed by atoms with Crippen molar-refractivity contribution in [3.05, 3.63) is 102 Å². The molecule has 5 nitrogen and oxygen atoms in total. The lowest BCUT2D eigenvalue weighted by Crippen LogP contribution is -2.14. The molecule has 178 valence electrons. The van der Waals surface area contributed by atoms with E-state index in [-0.39, 0.29) is 5.41 Å². The predicted octanol–water partition coefficient (Wildman–Crippen LogP) is 7.59. The normalized spacial score (nSPS) is 14.8. The second kappa shape index (κ2) is 5.97. The molecule has 0 radical (unpaired) electrons. The van der Waals surface area contributed by atoms with Crippen LogP contribution in [0.3, 0.4) is 0 Å². The lowest BCUT2D eigenvalue weighted by molar-refractivity contribution is 0.661. The van der Waals surface area contributed by atoms with E-state index in [0.29, 0.717) is 0 Å². The predicted molar refractivity (Wildman–Crippen MR) is 154 cm³/mol. The average Bonchev–Trinajstić information content (AvgIpc) is 3.69. The van der Waals surface area contributed by atoms with Crippen LogP contribution < -0.4 is 0 Å². The van der Waals surface area contributed by atoms with Crippen molar-refractivity contribution >= 4 is 60.9 Å². The number of benzene rings is 5. The van der Waals surface area contributed by atoms with Gasteiger partial charge in [-0.25, -0.2) is 14.4 Å². The third-order valence-corrected chi connectivity index (χ3v) is 8.94. The molecular formula is C33H21N5. The summed E-state index contributed by atoms with van der Waals surface area (Å²) in [6.07, 6.45) is 0. The lowest BCUT2D eigenvalue weighted by atomic mass is 9.82. The maximum absolute atomic E-state index is 5.26. The molecule has 4 heterocycles. The molecule has 0 aliphatic heterocycles. The van der Waals surface area contributed by atoms with Gasteiger partial charge in [-0.1, -0.05) is 68.4 Å². The third-order valence-electron chi connectivity index (χ3n) is 8.94. The smallest absolute Gasteiger partial charge is 0.223 e. The molecule has 38 heavy (non-hydrogen) atoms. The van der Waals surface area contributed by atoms with Gasteiger partial charge in [-0.15, -0.1) is 0 Å². The van der Waals surface area contributed by atoms with Gasteiger partial charge in [0.1, 0.15) is 5.52 Å². The number of para-hydroxylation sites is 1. The molecule has 0 N–H and O–H groups in total. The summed E-state index contributed by atoms with van der Waals surface area (Å²) < 4.78 is 6.87. The average molecular weight is 488 g/mol. The Labute approximate surface area is 216 Å². The van der Waals surface area contributed by atoms with Gasteiger partial charge in [0.05, 0.1) is 33.1 Å². The van der Waals surface area contributed by atoms with Gasteiger partial charge in [-0.2, -0.15) is 0 Å². The second-order valence-electron chi connectivity index (χ2n) is 11.2. The highest BCUT2D eigenvalue weighted by Crippen LogP contribution is 2.50. The van der Waals surface area contributed by atoms with E-state index in [1.54, 1.807) is 0 Å². The van der Waals surface area contributed by atoms with Crippen LogP contribution in [0.4, 0.5) is 0 Å². The minimum Gasteiger partial charge on any atom is -0.276 e. The number of fused-ring (bicyclic) bond motifs is 14. The molecule has 0 spiro atoms. The first-order valence-corrected chi connectivity index (χ1v) is 13.1. The summed E-state index contributed by atoms with van der Waals surface area (Å²) in [6, 6.07) is 33.0. The van der Waals surface area contributed by atoms with Crippen molar-refractivity contribution < 1.29 is 0 Å². The van der Waals surface area contributed by atoms with E-state index in [4.69, 9.17) is 9.97 Å². The first-order chi connectivity index (χ1) is 18.6. The van der Waals surface area contributed by atoms with Crippen LogP contribution in [-0.2, 0) is 5.41 Å². The summed E-state index contributed by atoms with van der Waals surface area (Å²) in [5.74, 6) is 1.82. The Hall–Kier alpha value is -4.90. The van der Waals surface area contributed by atoms with Gasteiger partial charge in [0.25, 0.3) is 0 Å². The standard InChI is InChI=1S/C33H21N5/c1-33(2)22-11-6-5-10-20(22)21-16-29-25(17-23(21)33)35-32-37(29)27-13-7-12-26-30(27)38(32)31-34-24-14-18-8-3-4-9-19(18)15-28(24)36(26)31/h3-17H,1-2H3. The third kappa shape index (κ3) is 1.99. The molecule has 0 atom stereocenters. The van der Waals surface area contributed by atoms with Crippen LogP contribution in [0.2, 0.25) is 0 Å². The number of rotatable bonds is 0. The Morgan fingerprint density at radius 2 is 1.16 bits per heavy atom. The first kappa shape index (κ1) is 19.2. The molecule has 9 aromatic rings. The SMILES string of the molecule is CC1(C)c2ccccc2-c2cc3c(cc21)nc1n3c2cccc3c2n1c1nc2cc4ccccc4cc2n31. The first-order valence-electron chi connectivity index (χ1n) is 13.1. The Balaban J connectivity index is 1.39. The molecule has 0 bridgehead atoms.